The van der Waals surface area contributed by atoms with Crippen molar-refractivity contribution in [2.24, 2.45) is 0 Å². The highest BCUT2D eigenvalue weighted by molar-refractivity contribution is 6.07. The third kappa shape index (κ3) is 4.81. The summed E-state index contributed by atoms with van der Waals surface area (Å²) >= 11 is 0. The zero-order chi connectivity index (χ0) is 21.6. The number of aromatic nitrogens is 5. The molecule has 31 heavy (non-hydrogen) atoms. The van der Waals surface area contributed by atoms with E-state index < -0.39 is 0 Å². The van der Waals surface area contributed by atoms with Crippen molar-refractivity contribution in [1.82, 2.24) is 29.6 Å². The van der Waals surface area contributed by atoms with Crippen LogP contribution in [-0.4, -0.2) is 56.2 Å². The first kappa shape index (κ1) is 20.4. The number of carbonyl (C=O) groups is 1. The summed E-state index contributed by atoms with van der Waals surface area (Å²) in [5.74, 6) is 0.0931. The van der Waals surface area contributed by atoms with Gasteiger partial charge in [-0.15, -0.1) is 0 Å². The molecule has 4 aromatic rings. The van der Waals surface area contributed by atoms with E-state index in [1.165, 1.54) is 6.20 Å². The van der Waals surface area contributed by atoms with E-state index in [1.54, 1.807) is 24.8 Å². The molecule has 0 aliphatic heterocycles. The molecular weight excluding hydrogens is 390 g/mol. The fraction of sp³-hybridized carbons (Fsp3) is 0.174. The zero-order valence-electron chi connectivity index (χ0n) is 17.4. The Bertz CT molecular complexity index is 1160. The predicted molar refractivity (Wildman–Crippen MR) is 119 cm³/mol. The van der Waals surface area contributed by atoms with Crippen LogP contribution in [0.1, 0.15) is 10.4 Å². The van der Waals surface area contributed by atoms with Crippen molar-refractivity contribution in [3.63, 3.8) is 0 Å². The van der Waals surface area contributed by atoms with Crippen molar-refractivity contribution >= 4 is 11.7 Å². The fourth-order valence-electron chi connectivity index (χ4n) is 3.19. The second-order valence-electron chi connectivity index (χ2n) is 7.28. The molecule has 4 rings (SSSR count). The molecule has 8 nitrogen and oxygen atoms in total. The molecule has 8 heteroatoms. The summed E-state index contributed by atoms with van der Waals surface area (Å²) in [4.78, 5) is 28.0. The number of nitrogens with one attached hydrogen (secondary N) is 1. The molecule has 3 heterocycles. The number of nitrogens with zero attached hydrogens (tertiary/aromatic N) is 6. The molecule has 1 aromatic carbocycles. The Balaban J connectivity index is 1.63. The predicted octanol–water partition coefficient (Wildman–Crippen LogP) is 3.22. The Morgan fingerprint density at radius 3 is 2.48 bits per heavy atom. The smallest absolute Gasteiger partial charge is 0.260 e. The van der Waals surface area contributed by atoms with E-state index in [4.69, 9.17) is 0 Å². The van der Waals surface area contributed by atoms with Crippen molar-refractivity contribution in [1.29, 1.82) is 0 Å². The molecule has 0 atom stereocenters. The van der Waals surface area contributed by atoms with Gasteiger partial charge in [-0.05, 0) is 26.2 Å². The van der Waals surface area contributed by atoms with Gasteiger partial charge in [0.05, 0.1) is 42.1 Å². The third-order valence-electron chi connectivity index (χ3n) is 4.74. The van der Waals surface area contributed by atoms with Crippen molar-refractivity contribution in [3.8, 4) is 22.5 Å². The van der Waals surface area contributed by atoms with Gasteiger partial charge in [-0.1, -0.05) is 30.3 Å². The second-order valence-corrected chi connectivity index (χ2v) is 7.28. The summed E-state index contributed by atoms with van der Waals surface area (Å²) in [6.07, 6.45) is 8.17. The minimum atomic E-state index is -0.281. The van der Waals surface area contributed by atoms with Gasteiger partial charge in [-0.3, -0.25) is 19.4 Å². The lowest BCUT2D eigenvalue weighted by Crippen LogP contribution is -2.20. The van der Waals surface area contributed by atoms with Gasteiger partial charge in [-0.25, -0.2) is 4.98 Å². The van der Waals surface area contributed by atoms with Gasteiger partial charge in [0.2, 0.25) is 0 Å². The standard InChI is InChI=1S/C23H23N7O/c1-29(2)12-13-30-22(18-6-4-3-5-7-18)19(14-26-30)23(31)28-21-16-25-15-20(27-21)17-8-10-24-11-9-17/h3-11,14-16H,12-13H2,1-2H3,(H,27,28,31). The number of amides is 1. The largest absolute Gasteiger partial charge is 0.308 e. The molecule has 0 saturated heterocycles. The van der Waals surface area contributed by atoms with E-state index in [1.807, 2.05) is 61.2 Å². The average Bonchev–Trinajstić information content (AvgIpc) is 3.23. The van der Waals surface area contributed by atoms with Crippen LogP contribution in [0.3, 0.4) is 0 Å². The van der Waals surface area contributed by atoms with Crippen LogP contribution < -0.4 is 5.32 Å². The highest BCUT2D eigenvalue weighted by Crippen LogP contribution is 2.25. The highest BCUT2D eigenvalue weighted by Gasteiger charge is 2.20. The number of likely N-dealkylation sites (N-methyl/N-ethyl adjacent to an activating group) is 1. The Morgan fingerprint density at radius 1 is 0.968 bits per heavy atom. The van der Waals surface area contributed by atoms with Gasteiger partial charge in [0.15, 0.2) is 5.82 Å². The zero-order valence-corrected chi connectivity index (χ0v) is 17.4. The summed E-state index contributed by atoms with van der Waals surface area (Å²) in [6.45, 7) is 1.48. The Kier molecular flexibility index (Phi) is 6.09. The van der Waals surface area contributed by atoms with Crippen molar-refractivity contribution in [2.75, 3.05) is 26.0 Å². The first-order valence-corrected chi connectivity index (χ1v) is 9.91. The first-order valence-electron chi connectivity index (χ1n) is 9.91. The van der Waals surface area contributed by atoms with Gasteiger partial charge >= 0.3 is 0 Å². The lowest BCUT2D eigenvalue weighted by Gasteiger charge is -2.13. The highest BCUT2D eigenvalue weighted by atomic mass is 16.1. The lowest BCUT2D eigenvalue weighted by atomic mass is 10.1. The molecule has 0 fully saturated rings. The summed E-state index contributed by atoms with van der Waals surface area (Å²) in [6, 6.07) is 13.5. The molecule has 0 aliphatic rings. The SMILES string of the molecule is CN(C)CCn1ncc(C(=O)Nc2cncc(-c3ccncc3)n2)c1-c1ccccc1. The Labute approximate surface area is 180 Å². The van der Waals surface area contributed by atoms with E-state index in [0.717, 1.165) is 23.4 Å². The van der Waals surface area contributed by atoms with Crippen molar-refractivity contribution < 1.29 is 4.79 Å². The molecule has 0 bridgehead atoms. The van der Waals surface area contributed by atoms with E-state index in [0.29, 0.717) is 23.6 Å². The van der Waals surface area contributed by atoms with E-state index in [9.17, 15) is 4.79 Å². The first-order chi connectivity index (χ1) is 15.1. The topological polar surface area (TPSA) is 88.8 Å². The van der Waals surface area contributed by atoms with Crippen LogP contribution in [0.5, 0.6) is 0 Å². The Morgan fingerprint density at radius 2 is 1.74 bits per heavy atom. The molecule has 0 spiro atoms. The molecule has 0 radical (unpaired) electrons. The summed E-state index contributed by atoms with van der Waals surface area (Å²) in [5.41, 5.74) is 3.73. The second kappa shape index (κ2) is 9.27. The third-order valence-corrected chi connectivity index (χ3v) is 4.74. The van der Waals surface area contributed by atoms with Crippen LogP contribution in [0, 0.1) is 0 Å². The maximum Gasteiger partial charge on any atom is 0.260 e. The van der Waals surface area contributed by atoms with E-state index in [-0.39, 0.29) is 5.91 Å². The van der Waals surface area contributed by atoms with E-state index >= 15 is 0 Å². The normalized spacial score (nSPS) is 10.9. The number of rotatable bonds is 7. The average molecular weight is 413 g/mol. The monoisotopic (exact) mass is 413 g/mol. The molecular formula is C23H23N7O. The lowest BCUT2D eigenvalue weighted by molar-refractivity contribution is 0.102. The summed E-state index contributed by atoms with van der Waals surface area (Å²) in [7, 11) is 4.02. The van der Waals surface area contributed by atoms with Gasteiger partial charge in [0.25, 0.3) is 5.91 Å². The van der Waals surface area contributed by atoms with Crippen LogP contribution in [0.15, 0.2) is 73.4 Å². The van der Waals surface area contributed by atoms with Gasteiger partial charge in [-0.2, -0.15) is 5.10 Å². The molecule has 1 N–H and O–H groups in total. The summed E-state index contributed by atoms with van der Waals surface area (Å²) in [5, 5.41) is 7.34. The maximum absolute atomic E-state index is 13.2. The molecule has 0 aliphatic carbocycles. The molecule has 156 valence electrons. The van der Waals surface area contributed by atoms with Gasteiger partial charge in [0, 0.05) is 30.1 Å². The number of pyridine rings is 1. The number of carbonyl (C=O) groups excluding carboxylic acids is 1. The number of hydrogen-bond acceptors (Lipinski definition) is 6. The number of anilines is 1. The minimum absolute atomic E-state index is 0.281. The molecule has 0 saturated carbocycles. The van der Waals surface area contributed by atoms with Gasteiger partial charge in [0.1, 0.15) is 0 Å². The number of benzene rings is 1. The van der Waals surface area contributed by atoms with Crippen molar-refractivity contribution in [2.45, 2.75) is 6.54 Å². The van der Waals surface area contributed by atoms with Crippen LogP contribution in [-0.2, 0) is 6.54 Å². The molecule has 0 unspecified atom stereocenters. The number of hydrogen-bond donors (Lipinski definition) is 1. The van der Waals surface area contributed by atoms with Crippen LogP contribution in [0.2, 0.25) is 0 Å². The van der Waals surface area contributed by atoms with Crippen LogP contribution in [0.4, 0.5) is 5.82 Å². The van der Waals surface area contributed by atoms with Crippen LogP contribution >= 0.6 is 0 Å². The van der Waals surface area contributed by atoms with Crippen LogP contribution in [0.25, 0.3) is 22.5 Å². The quantitative estimate of drug-likeness (QED) is 0.500. The Hall–Kier alpha value is -3.91. The fourth-order valence-corrected chi connectivity index (χ4v) is 3.19. The maximum atomic E-state index is 13.2. The van der Waals surface area contributed by atoms with Gasteiger partial charge < -0.3 is 10.2 Å². The molecule has 1 amide bonds. The molecule has 3 aromatic heterocycles. The van der Waals surface area contributed by atoms with E-state index in [2.05, 4.69) is 30.3 Å². The van der Waals surface area contributed by atoms with Crippen molar-refractivity contribution in [3.05, 3.63) is 79.0 Å². The summed E-state index contributed by atoms with van der Waals surface area (Å²) < 4.78 is 1.86. The minimum Gasteiger partial charge on any atom is -0.308 e.